The van der Waals surface area contributed by atoms with Crippen molar-refractivity contribution in [2.75, 3.05) is 0 Å². The Morgan fingerprint density at radius 1 is 0.697 bits per heavy atom. The number of hydrogen-bond donors (Lipinski definition) is 0. The number of benzene rings is 2. The first-order valence-corrected chi connectivity index (χ1v) is 21.7. The van der Waals surface area contributed by atoms with E-state index in [2.05, 4.69) is 105 Å². The predicted octanol–water partition coefficient (Wildman–Crippen LogP) is 9.48. The van der Waals surface area contributed by atoms with Crippen molar-refractivity contribution in [3.05, 3.63) is 83.9 Å². The van der Waals surface area contributed by atoms with Crippen molar-refractivity contribution in [2.45, 2.75) is 103 Å². The summed E-state index contributed by atoms with van der Waals surface area (Å²) in [6.07, 6.45) is 13.6. The molecule has 0 radical (unpaired) electrons. The Morgan fingerprint density at radius 2 is 1.12 bits per heavy atom. The van der Waals surface area contributed by atoms with Crippen molar-refractivity contribution < 1.29 is 0 Å². The summed E-state index contributed by atoms with van der Waals surface area (Å²) in [6.45, 7) is 11.5. The molecular weight excluding hydrogens is 505 g/mol. The van der Waals surface area contributed by atoms with Gasteiger partial charge in [-0.2, -0.15) is 0 Å². The molecule has 0 aromatic heterocycles. The van der Waals surface area contributed by atoms with Crippen molar-refractivity contribution in [1.82, 2.24) is 4.90 Å². The van der Waals surface area contributed by atoms with Crippen LogP contribution in [-0.4, -0.2) is 29.3 Å². The van der Waals surface area contributed by atoms with Crippen LogP contribution < -0.4 is 0 Å². The predicted molar refractivity (Wildman–Crippen MR) is 150 cm³/mol. The van der Waals surface area contributed by atoms with E-state index in [1.165, 1.54) is 54.1 Å². The molecule has 0 unspecified atom stereocenters. The maximum absolute atomic E-state index is 2.63. The summed E-state index contributed by atoms with van der Waals surface area (Å²) in [6, 6.07) is 22.4. The van der Waals surface area contributed by atoms with Gasteiger partial charge in [0.15, 0.2) is 0 Å². The molecule has 33 heavy (non-hydrogen) atoms. The minimum atomic E-state index is -2.09. The van der Waals surface area contributed by atoms with Crippen molar-refractivity contribution >= 4 is 18.4 Å². The Morgan fingerprint density at radius 3 is 1.52 bits per heavy atom. The van der Waals surface area contributed by atoms with Crippen molar-refractivity contribution in [3.63, 3.8) is 0 Å². The third-order valence-corrected chi connectivity index (χ3v) is 22.4. The summed E-state index contributed by atoms with van der Waals surface area (Å²) in [5.41, 5.74) is 2.80. The fourth-order valence-corrected chi connectivity index (χ4v) is 20.1. The summed E-state index contributed by atoms with van der Waals surface area (Å²) >= 11 is -2.09. The molecule has 0 saturated carbocycles. The Kier molecular flexibility index (Phi) is 14.1. The van der Waals surface area contributed by atoms with Gasteiger partial charge in [-0.05, 0) is 0 Å². The zero-order valence-electron chi connectivity index (χ0n) is 21.9. The van der Waals surface area contributed by atoms with Crippen molar-refractivity contribution in [2.24, 2.45) is 0 Å². The fourth-order valence-electron chi connectivity index (χ4n) is 4.95. The van der Waals surface area contributed by atoms with Gasteiger partial charge in [0, 0.05) is 0 Å². The van der Waals surface area contributed by atoms with Crippen LogP contribution in [0.4, 0.5) is 0 Å². The molecule has 0 saturated heterocycles. The van der Waals surface area contributed by atoms with Crippen LogP contribution in [0.25, 0.3) is 0 Å². The summed E-state index contributed by atoms with van der Waals surface area (Å²) in [5, 5.41) is 0. The number of unbranched alkanes of at least 4 members (excludes halogenated alkanes) is 3. The van der Waals surface area contributed by atoms with Crippen molar-refractivity contribution in [1.29, 1.82) is 0 Å². The topological polar surface area (TPSA) is 3.24 Å². The normalized spacial score (nSPS) is 13.1. The van der Waals surface area contributed by atoms with Crippen LogP contribution in [0.15, 0.2) is 72.8 Å². The first-order chi connectivity index (χ1) is 16.1. The third-order valence-electron chi connectivity index (χ3n) is 7.18. The van der Waals surface area contributed by atoms with Gasteiger partial charge < -0.3 is 0 Å². The number of hydrogen-bond acceptors (Lipinski definition) is 1. The van der Waals surface area contributed by atoms with E-state index in [9.17, 15) is 0 Å². The van der Waals surface area contributed by atoms with Gasteiger partial charge in [-0.1, -0.05) is 0 Å². The summed E-state index contributed by atoms with van der Waals surface area (Å²) < 4.78 is 6.24. The second kappa shape index (κ2) is 16.5. The summed E-state index contributed by atoms with van der Waals surface area (Å²) in [7, 11) is 0. The zero-order valence-corrected chi connectivity index (χ0v) is 24.8. The zero-order chi connectivity index (χ0) is 23.8. The van der Waals surface area contributed by atoms with E-state index in [1.54, 1.807) is 13.3 Å². The van der Waals surface area contributed by atoms with Crippen LogP contribution in [0.5, 0.6) is 0 Å². The van der Waals surface area contributed by atoms with E-state index in [0.29, 0.717) is 6.04 Å². The van der Waals surface area contributed by atoms with Gasteiger partial charge in [-0.25, -0.2) is 0 Å². The van der Waals surface area contributed by atoms with Crippen LogP contribution in [-0.2, 0) is 13.1 Å². The Bertz CT molecular complexity index is 692. The van der Waals surface area contributed by atoms with E-state index in [0.717, 1.165) is 13.1 Å². The van der Waals surface area contributed by atoms with Crippen LogP contribution in [0.3, 0.4) is 0 Å². The second-order valence-electron chi connectivity index (χ2n) is 10.1. The molecule has 182 valence electrons. The first-order valence-electron chi connectivity index (χ1n) is 13.6. The van der Waals surface area contributed by atoms with Gasteiger partial charge in [-0.3, -0.25) is 0 Å². The van der Waals surface area contributed by atoms with Gasteiger partial charge in [0.05, 0.1) is 0 Å². The Balaban J connectivity index is 2.14. The first kappa shape index (κ1) is 28.2. The van der Waals surface area contributed by atoms with Crippen LogP contribution in [0.2, 0.25) is 17.7 Å². The molecule has 1 nitrogen and oxygen atoms in total. The molecule has 0 aliphatic carbocycles. The average Bonchev–Trinajstić information content (AvgIpc) is 2.85. The quantitative estimate of drug-likeness (QED) is 0.139. The molecule has 0 bridgehead atoms. The standard InChI is InChI=1S/C19H22N.3C4H9.Sn/c1-3-10-17(2)20(15-18-11-6-4-7-12-18)16-19-13-8-5-9-14-19;3*1-3-4-2;/h3-14,17H,1,15-16H2,2H3;3*1,3-4H2,2H3;/b10-3+;;;;/t17-;;;;/m0..../s1. The molecule has 0 N–H and O–H groups in total. The molecule has 2 aromatic rings. The van der Waals surface area contributed by atoms with Crippen LogP contribution in [0, 0.1) is 0 Å². The van der Waals surface area contributed by atoms with Gasteiger partial charge in [0.2, 0.25) is 0 Å². The molecule has 0 spiro atoms. The minimum absolute atomic E-state index is 0.443. The van der Waals surface area contributed by atoms with E-state index in [1.807, 2.05) is 0 Å². The molecule has 0 fully saturated rings. The molecule has 1 atom stereocenters. The van der Waals surface area contributed by atoms with Gasteiger partial charge in [0.25, 0.3) is 0 Å². The molecule has 0 aliphatic heterocycles. The van der Waals surface area contributed by atoms with E-state index >= 15 is 0 Å². The van der Waals surface area contributed by atoms with Gasteiger partial charge in [0.1, 0.15) is 0 Å². The molecule has 2 aromatic carbocycles. The van der Waals surface area contributed by atoms with Crippen LogP contribution in [0.1, 0.15) is 77.3 Å². The second-order valence-corrected chi connectivity index (χ2v) is 24.1. The van der Waals surface area contributed by atoms with Crippen LogP contribution >= 0.6 is 0 Å². The summed E-state index contributed by atoms with van der Waals surface area (Å²) in [4.78, 5) is 2.63. The van der Waals surface area contributed by atoms with E-state index in [4.69, 9.17) is 0 Å². The average molecular weight is 554 g/mol. The molecule has 2 heteroatoms. The van der Waals surface area contributed by atoms with Crippen molar-refractivity contribution in [3.8, 4) is 0 Å². The van der Waals surface area contributed by atoms with Gasteiger partial charge >= 0.3 is 210 Å². The molecular formula is C31H49NSn. The SMILES string of the molecule is CCC[CH2][Sn]([CH2]/C=C/[C@H](C)N(Cc1ccccc1)Cc1ccccc1)([CH2]CCC)[CH2]CCC. The molecule has 0 amide bonds. The number of allylic oxidation sites excluding steroid dienone is 1. The Labute approximate surface area is 209 Å². The number of nitrogens with zero attached hydrogens (tertiary/aromatic N) is 1. The monoisotopic (exact) mass is 555 g/mol. The summed E-state index contributed by atoms with van der Waals surface area (Å²) in [5.74, 6) is 0. The molecule has 0 heterocycles. The van der Waals surface area contributed by atoms with E-state index in [-0.39, 0.29) is 0 Å². The molecule has 0 aliphatic rings. The molecule has 2 rings (SSSR count). The third kappa shape index (κ3) is 10.8. The Hall–Kier alpha value is -1.06. The maximum atomic E-state index is 2.63. The van der Waals surface area contributed by atoms with Gasteiger partial charge in [-0.15, -0.1) is 0 Å². The number of rotatable bonds is 17. The fraction of sp³-hybridized carbons (Fsp3) is 0.548. The van der Waals surface area contributed by atoms with E-state index < -0.39 is 18.4 Å².